The number of likely N-dealkylation sites (tertiary alicyclic amines) is 1. The van der Waals surface area contributed by atoms with Crippen LogP contribution in [0.25, 0.3) is 0 Å². The third-order valence-corrected chi connectivity index (χ3v) is 7.28. The smallest absolute Gasteiger partial charge is 0.355 e. The van der Waals surface area contributed by atoms with Gasteiger partial charge in [0.2, 0.25) is 5.91 Å². The van der Waals surface area contributed by atoms with Crippen LogP contribution in [0.2, 0.25) is 0 Å². The molecule has 0 aromatic heterocycles. The standard InChI is InChI=1S/C23H23F4N3O4S/c24-15-3-4-17(23(25,26)27)16(11-15)20(32)29-9-6-14(7-10-29)19-21(33)30(22(34)35-19)12-18(31)28-8-5-13-1-2-13/h3-4,11,13H,1-2,5-10,12H2,(H,28,31). The van der Waals surface area contributed by atoms with Crippen molar-refractivity contribution in [1.29, 1.82) is 0 Å². The number of hydrogen-bond donors (Lipinski definition) is 1. The highest BCUT2D eigenvalue weighted by molar-refractivity contribution is 8.18. The molecule has 188 valence electrons. The lowest BCUT2D eigenvalue weighted by atomic mass is 10.00. The summed E-state index contributed by atoms with van der Waals surface area (Å²) in [4.78, 5) is 52.2. The third kappa shape index (κ3) is 5.85. The Balaban J connectivity index is 1.38. The molecule has 4 amide bonds. The van der Waals surface area contributed by atoms with Gasteiger partial charge in [0.25, 0.3) is 17.1 Å². The van der Waals surface area contributed by atoms with Crippen LogP contribution >= 0.6 is 11.8 Å². The molecule has 0 bridgehead atoms. The van der Waals surface area contributed by atoms with Crippen LogP contribution in [0.3, 0.4) is 0 Å². The van der Waals surface area contributed by atoms with Crippen LogP contribution in [0, 0.1) is 11.7 Å². The first-order valence-corrected chi connectivity index (χ1v) is 12.0. The molecule has 0 atom stereocenters. The number of carbonyl (C=O) groups excluding carboxylic acids is 4. The molecular weight excluding hydrogens is 490 g/mol. The fourth-order valence-corrected chi connectivity index (χ4v) is 5.07. The van der Waals surface area contributed by atoms with Crippen molar-refractivity contribution in [2.45, 2.75) is 38.3 Å². The number of hydrogen-bond acceptors (Lipinski definition) is 5. The molecule has 1 N–H and O–H groups in total. The molecular formula is C23H23F4N3O4S. The van der Waals surface area contributed by atoms with Crippen LogP contribution in [-0.4, -0.2) is 58.9 Å². The number of halogens is 4. The Morgan fingerprint density at radius 2 is 1.80 bits per heavy atom. The summed E-state index contributed by atoms with van der Waals surface area (Å²) in [5.74, 6) is -2.28. The average Bonchev–Trinajstić information content (AvgIpc) is 3.59. The average molecular weight is 514 g/mol. The molecule has 0 unspecified atom stereocenters. The Morgan fingerprint density at radius 1 is 1.11 bits per heavy atom. The largest absolute Gasteiger partial charge is 0.417 e. The van der Waals surface area contributed by atoms with Gasteiger partial charge < -0.3 is 10.2 Å². The van der Waals surface area contributed by atoms with Crippen molar-refractivity contribution in [2.24, 2.45) is 5.92 Å². The van der Waals surface area contributed by atoms with E-state index in [-0.39, 0.29) is 37.4 Å². The highest BCUT2D eigenvalue weighted by Crippen LogP contribution is 2.37. The fourth-order valence-electron chi connectivity index (χ4n) is 4.09. The molecule has 3 aliphatic rings. The number of imide groups is 1. The van der Waals surface area contributed by atoms with Gasteiger partial charge in [-0.05, 0) is 60.7 Å². The fraction of sp³-hybridized carbons (Fsp3) is 0.478. The van der Waals surface area contributed by atoms with Crippen LogP contribution in [0.4, 0.5) is 22.4 Å². The molecule has 1 aromatic carbocycles. The molecule has 2 saturated heterocycles. The zero-order chi connectivity index (χ0) is 25.3. The lowest BCUT2D eigenvalue weighted by Crippen LogP contribution is -2.40. The van der Waals surface area contributed by atoms with E-state index in [9.17, 15) is 36.7 Å². The van der Waals surface area contributed by atoms with E-state index in [0.717, 1.165) is 35.9 Å². The quantitative estimate of drug-likeness (QED) is 0.460. The van der Waals surface area contributed by atoms with E-state index in [1.54, 1.807) is 0 Å². The number of benzene rings is 1. The Labute approximate surface area is 202 Å². The van der Waals surface area contributed by atoms with Crippen LogP contribution in [0.5, 0.6) is 0 Å². The summed E-state index contributed by atoms with van der Waals surface area (Å²) in [6, 6.07) is 1.76. The van der Waals surface area contributed by atoms with Gasteiger partial charge >= 0.3 is 6.18 Å². The maximum atomic E-state index is 13.6. The maximum absolute atomic E-state index is 13.6. The normalized spacial score (nSPS) is 19.0. The van der Waals surface area contributed by atoms with E-state index < -0.39 is 46.1 Å². The second-order valence-corrected chi connectivity index (χ2v) is 9.72. The summed E-state index contributed by atoms with van der Waals surface area (Å²) < 4.78 is 53.4. The minimum absolute atomic E-state index is 0.00909. The zero-order valence-electron chi connectivity index (χ0n) is 18.6. The number of alkyl halides is 3. The SMILES string of the molecule is O=C(CN1C(=O)SC(=C2CCN(C(=O)c3cc(F)ccc3C(F)(F)F)CC2)C1=O)NCCC1CC1. The number of nitrogens with zero attached hydrogens (tertiary/aromatic N) is 2. The highest BCUT2D eigenvalue weighted by atomic mass is 32.2. The number of carbonyl (C=O) groups is 4. The molecule has 7 nitrogen and oxygen atoms in total. The van der Waals surface area contributed by atoms with Crippen molar-refractivity contribution in [2.75, 3.05) is 26.2 Å². The second kappa shape index (κ2) is 10.00. The summed E-state index contributed by atoms with van der Waals surface area (Å²) in [5.41, 5.74) is -1.38. The van der Waals surface area contributed by atoms with Crippen LogP contribution in [0.1, 0.15) is 48.0 Å². The summed E-state index contributed by atoms with van der Waals surface area (Å²) in [6.07, 6.45) is -1.30. The summed E-state index contributed by atoms with van der Waals surface area (Å²) in [6.45, 7) is 0.132. The first-order chi connectivity index (χ1) is 16.5. The summed E-state index contributed by atoms with van der Waals surface area (Å²) in [5, 5.41) is 2.14. The molecule has 1 saturated carbocycles. The molecule has 1 aliphatic carbocycles. The Morgan fingerprint density at radius 3 is 2.43 bits per heavy atom. The van der Waals surface area contributed by atoms with E-state index in [1.165, 1.54) is 4.90 Å². The van der Waals surface area contributed by atoms with Gasteiger partial charge in [-0.25, -0.2) is 4.39 Å². The monoisotopic (exact) mass is 513 g/mol. The van der Waals surface area contributed by atoms with Crippen LogP contribution in [-0.2, 0) is 15.8 Å². The Kier molecular flexibility index (Phi) is 7.20. The van der Waals surface area contributed by atoms with E-state index >= 15 is 0 Å². The molecule has 2 heterocycles. The van der Waals surface area contributed by atoms with Gasteiger partial charge in [-0.1, -0.05) is 12.8 Å². The van der Waals surface area contributed by atoms with Gasteiger partial charge in [0.15, 0.2) is 0 Å². The van der Waals surface area contributed by atoms with Gasteiger partial charge in [-0.3, -0.25) is 24.1 Å². The highest BCUT2D eigenvalue weighted by Gasteiger charge is 2.40. The van der Waals surface area contributed by atoms with E-state index in [2.05, 4.69) is 5.32 Å². The molecule has 2 aliphatic heterocycles. The zero-order valence-corrected chi connectivity index (χ0v) is 19.4. The van der Waals surface area contributed by atoms with Gasteiger partial charge in [-0.2, -0.15) is 13.2 Å². The van der Waals surface area contributed by atoms with E-state index in [0.29, 0.717) is 36.2 Å². The van der Waals surface area contributed by atoms with Crippen LogP contribution < -0.4 is 5.32 Å². The molecule has 12 heteroatoms. The lowest BCUT2D eigenvalue weighted by Gasteiger charge is -2.30. The van der Waals surface area contributed by atoms with Crippen LogP contribution in [0.15, 0.2) is 28.7 Å². The number of rotatable bonds is 6. The second-order valence-electron chi connectivity index (χ2n) is 8.75. The Hall–Kier alpha value is -2.89. The van der Waals surface area contributed by atoms with Crippen molar-refractivity contribution in [3.63, 3.8) is 0 Å². The summed E-state index contributed by atoms with van der Waals surface area (Å²) in [7, 11) is 0. The Bertz CT molecular complexity index is 1090. The van der Waals surface area contributed by atoms with E-state index in [4.69, 9.17) is 0 Å². The predicted molar refractivity (Wildman–Crippen MR) is 119 cm³/mol. The van der Waals surface area contributed by atoms with Crippen molar-refractivity contribution >= 4 is 34.7 Å². The number of thioether (sulfide) groups is 1. The minimum atomic E-state index is -4.82. The molecule has 35 heavy (non-hydrogen) atoms. The van der Waals surface area contributed by atoms with E-state index in [1.807, 2.05) is 0 Å². The van der Waals surface area contributed by atoms with Gasteiger partial charge in [0.05, 0.1) is 16.0 Å². The molecule has 3 fully saturated rings. The van der Waals surface area contributed by atoms with Crippen molar-refractivity contribution in [3.8, 4) is 0 Å². The minimum Gasteiger partial charge on any atom is -0.355 e. The number of nitrogens with one attached hydrogen (secondary N) is 1. The molecule has 0 spiro atoms. The molecule has 0 radical (unpaired) electrons. The maximum Gasteiger partial charge on any atom is 0.417 e. The summed E-state index contributed by atoms with van der Waals surface area (Å²) >= 11 is 0.718. The van der Waals surface area contributed by atoms with Crippen molar-refractivity contribution in [1.82, 2.24) is 15.1 Å². The van der Waals surface area contributed by atoms with Gasteiger partial charge in [0, 0.05) is 19.6 Å². The number of amides is 4. The first kappa shape index (κ1) is 25.2. The van der Waals surface area contributed by atoms with Crippen molar-refractivity contribution < 1.29 is 36.7 Å². The first-order valence-electron chi connectivity index (χ1n) is 11.2. The third-order valence-electron chi connectivity index (χ3n) is 6.22. The number of piperidine rings is 1. The predicted octanol–water partition coefficient (Wildman–Crippen LogP) is 3.95. The molecule has 4 rings (SSSR count). The topological polar surface area (TPSA) is 86.8 Å². The van der Waals surface area contributed by atoms with Gasteiger partial charge in [0.1, 0.15) is 12.4 Å². The molecule has 1 aromatic rings. The van der Waals surface area contributed by atoms with Crippen molar-refractivity contribution in [3.05, 3.63) is 45.6 Å². The van der Waals surface area contributed by atoms with Gasteiger partial charge in [-0.15, -0.1) is 0 Å². The lowest BCUT2D eigenvalue weighted by molar-refractivity contribution is -0.138.